The van der Waals surface area contributed by atoms with Gasteiger partial charge in [-0.25, -0.2) is 4.79 Å². The van der Waals surface area contributed by atoms with E-state index in [0.717, 1.165) is 30.1 Å². The minimum Gasteiger partial charge on any atom is -0.463 e. The number of carbonyl (C=O) groups is 1. The van der Waals surface area contributed by atoms with Crippen LogP contribution in [-0.4, -0.2) is 12.6 Å². The van der Waals surface area contributed by atoms with E-state index in [-0.39, 0.29) is 11.4 Å². The summed E-state index contributed by atoms with van der Waals surface area (Å²) in [5.41, 5.74) is 2.26. The maximum Gasteiger partial charge on any atom is 0.330 e. The van der Waals surface area contributed by atoms with Crippen LogP contribution < -0.4 is 0 Å². The van der Waals surface area contributed by atoms with Gasteiger partial charge in [0.1, 0.15) is 0 Å². The third kappa shape index (κ3) is 2.70. The number of rotatable bonds is 2. The zero-order valence-corrected chi connectivity index (χ0v) is 16.5. The van der Waals surface area contributed by atoms with Gasteiger partial charge in [-0.15, -0.1) is 0 Å². The standard InChI is InChI=1S/C23H36O2/c1-4-25-21(24)15-17-9-11-19-18-10-8-16-7-5-6-13-22(16,2)20(18)12-14-23(17,19)3/h15-16,18-20H,4-14H2,1-3H3. The summed E-state index contributed by atoms with van der Waals surface area (Å²) in [7, 11) is 0. The summed E-state index contributed by atoms with van der Waals surface area (Å²) in [6.07, 6.45) is 15.7. The number of fused-ring (bicyclic) bond motifs is 5. The Morgan fingerprint density at radius 2 is 1.92 bits per heavy atom. The van der Waals surface area contributed by atoms with Crippen LogP contribution in [0.5, 0.6) is 0 Å². The Morgan fingerprint density at radius 1 is 1.08 bits per heavy atom. The average molecular weight is 345 g/mol. The van der Waals surface area contributed by atoms with Crippen LogP contribution in [0, 0.1) is 34.5 Å². The first-order chi connectivity index (χ1) is 12.0. The molecule has 4 aliphatic carbocycles. The maximum atomic E-state index is 12.0. The average Bonchev–Trinajstić information content (AvgIpc) is 2.91. The van der Waals surface area contributed by atoms with Crippen molar-refractivity contribution >= 4 is 5.97 Å². The van der Waals surface area contributed by atoms with Gasteiger partial charge in [0.05, 0.1) is 6.61 Å². The van der Waals surface area contributed by atoms with E-state index >= 15 is 0 Å². The highest BCUT2D eigenvalue weighted by Gasteiger charge is 2.58. The molecule has 2 nitrogen and oxygen atoms in total. The van der Waals surface area contributed by atoms with Gasteiger partial charge in [0, 0.05) is 6.08 Å². The molecule has 0 N–H and O–H groups in total. The van der Waals surface area contributed by atoms with Crippen molar-refractivity contribution in [1.29, 1.82) is 0 Å². The van der Waals surface area contributed by atoms with E-state index in [0.29, 0.717) is 12.0 Å². The van der Waals surface area contributed by atoms with Gasteiger partial charge in [-0.2, -0.15) is 0 Å². The quantitative estimate of drug-likeness (QED) is 0.460. The molecule has 4 aliphatic rings. The molecule has 0 bridgehead atoms. The Kier molecular flexibility index (Phi) is 4.53. The molecule has 25 heavy (non-hydrogen) atoms. The van der Waals surface area contributed by atoms with E-state index in [1.54, 1.807) is 0 Å². The first kappa shape index (κ1) is 17.6. The summed E-state index contributed by atoms with van der Waals surface area (Å²) in [5.74, 6) is 3.50. The number of carbonyl (C=O) groups excluding carboxylic acids is 1. The molecular weight excluding hydrogens is 308 g/mol. The van der Waals surface area contributed by atoms with Crippen LogP contribution in [0.15, 0.2) is 11.6 Å². The third-order valence-electron chi connectivity index (χ3n) is 9.01. The molecule has 4 saturated carbocycles. The monoisotopic (exact) mass is 344 g/mol. The van der Waals surface area contributed by atoms with E-state index in [1.807, 2.05) is 13.0 Å². The minimum atomic E-state index is -0.121. The lowest BCUT2D eigenvalue weighted by Gasteiger charge is -2.60. The number of esters is 1. The molecule has 0 aromatic carbocycles. The molecule has 6 unspecified atom stereocenters. The molecule has 0 spiro atoms. The first-order valence-electron chi connectivity index (χ1n) is 10.9. The summed E-state index contributed by atoms with van der Waals surface area (Å²) in [6.45, 7) is 7.47. The minimum absolute atomic E-state index is 0.121. The van der Waals surface area contributed by atoms with Crippen molar-refractivity contribution in [1.82, 2.24) is 0 Å². The largest absolute Gasteiger partial charge is 0.463 e. The van der Waals surface area contributed by atoms with Crippen LogP contribution in [0.1, 0.15) is 85.0 Å². The highest BCUT2D eigenvalue weighted by atomic mass is 16.5. The Bertz CT molecular complexity index is 564. The molecule has 4 fully saturated rings. The highest BCUT2D eigenvalue weighted by molar-refractivity contribution is 5.83. The fraction of sp³-hybridized carbons (Fsp3) is 0.870. The van der Waals surface area contributed by atoms with Crippen molar-refractivity contribution in [3.63, 3.8) is 0 Å². The molecule has 0 amide bonds. The fourth-order valence-corrected chi connectivity index (χ4v) is 7.71. The molecule has 0 aliphatic heterocycles. The number of ether oxygens (including phenoxy) is 1. The summed E-state index contributed by atoms with van der Waals surface area (Å²) in [5, 5.41) is 0. The van der Waals surface area contributed by atoms with Gasteiger partial charge in [0.15, 0.2) is 0 Å². The lowest BCUT2D eigenvalue weighted by Crippen LogP contribution is -2.52. The SMILES string of the molecule is CCOC(=O)C=C1CCC2C3CCC4CCCCC4(C)C3CCC12C. The summed E-state index contributed by atoms with van der Waals surface area (Å²) >= 11 is 0. The normalized spacial score (nSPS) is 47.7. The summed E-state index contributed by atoms with van der Waals surface area (Å²) < 4.78 is 5.21. The van der Waals surface area contributed by atoms with Crippen molar-refractivity contribution in [3.8, 4) is 0 Å². The highest BCUT2D eigenvalue weighted by Crippen LogP contribution is 2.67. The van der Waals surface area contributed by atoms with E-state index in [1.165, 1.54) is 63.4 Å². The topological polar surface area (TPSA) is 26.3 Å². The Balaban J connectivity index is 1.58. The summed E-state index contributed by atoms with van der Waals surface area (Å²) in [6, 6.07) is 0. The van der Waals surface area contributed by atoms with Gasteiger partial charge < -0.3 is 4.74 Å². The van der Waals surface area contributed by atoms with Crippen LogP contribution in [0.3, 0.4) is 0 Å². The zero-order valence-electron chi connectivity index (χ0n) is 16.5. The number of hydrogen-bond donors (Lipinski definition) is 0. The molecule has 0 radical (unpaired) electrons. The first-order valence-corrected chi connectivity index (χ1v) is 10.9. The molecule has 0 heterocycles. The third-order valence-corrected chi connectivity index (χ3v) is 9.01. The molecular formula is C23H36O2. The maximum absolute atomic E-state index is 12.0. The molecule has 140 valence electrons. The Hall–Kier alpha value is -0.790. The second-order valence-corrected chi connectivity index (χ2v) is 9.82. The molecule has 0 aromatic rings. The van der Waals surface area contributed by atoms with Gasteiger partial charge >= 0.3 is 5.97 Å². The van der Waals surface area contributed by atoms with Gasteiger partial charge in [0.25, 0.3) is 0 Å². The van der Waals surface area contributed by atoms with E-state index in [4.69, 9.17) is 4.74 Å². The zero-order chi connectivity index (χ0) is 17.7. The van der Waals surface area contributed by atoms with Crippen molar-refractivity contribution in [2.75, 3.05) is 6.61 Å². The van der Waals surface area contributed by atoms with Crippen molar-refractivity contribution in [2.24, 2.45) is 34.5 Å². The molecule has 2 heteroatoms. The van der Waals surface area contributed by atoms with Crippen molar-refractivity contribution < 1.29 is 9.53 Å². The lowest BCUT2D eigenvalue weighted by molar-refractivity contribution is -0.137. The number of allylic oxidation sites excluding steroid dienone is 1. The lowest BCUT2D eigenvalue weighted by atomic mass is 9.45. The molecule has 6 atom stereocenters. The predicted octanol–water partition coefficient (Wildman–Crippen LogP) is 5.91. The van der Waals surface area contributed by atoms with Crippen LogP contribution in [0.25, 0.3) is 0 Å². The van der Waals surface area contributed by atoms with Crippen LogP contribution in [-0.2, 0) is 9.53 Å². The molecule has 0 aromatic heterocycles. The van der Waals surface area contributed by atoms with Crippen LogP contribution in [0.4, 0.5) is 0 Å². The van der Waals surface area contributed by atoms with E-state index in [2.05, 4.69) is 13.8 Å². The Labute approximate surface area is 153 Å². The van der Waals surface area contributed by atoms with Gasteiger partial charge in [-0.3, -0.25) is 0 Å². The van der Waals surface area contributed by atoms with Gasteiger partial charge in [-0.05, 0) is 92.8 Å². The summed E-state index contributed by atoms with van der Waals surface area (Å²) in [4.78, 5) is 12.0. The van der Waals surface area contributed by atoms with Crippen molar-refractivity contribution in [2.45, 2.75) is 85.0 Å². The molecule has 4 rings (SSSR count). The van der Waals surface area contributed by atoms with E-state index in [9.17, 15) is 4.79 Å². The Morgan fingerprint density at radius 3 is 2.72 bits per heavy atom. The predicted molar refractivity (Wildman–Crippen MR) is 101 cm³/mol. The van der Waals surface area contributed by atoms with E-state index < -0.39 is 0 Å². The van der Waals surface area contributed by atoms with Crippen LogP contribution >= 0.6 is 0 Å². The van der Waals surface area contributed by atoms with Crippen LogP contribution in [0.2, 0.25) is 0 Å². The number of hydrogen-bond acceptors (Lipinski definition) is 2. The van der Waals surface area contributed by atoms with Gasteiger partial charge in [0.2, 0.25) is 0 Å². The second kappa shape index (κ2) is 6.43. The molecule has 0 saturated heterocycles. The smallest absolute Gasteiger partial charge is 0.330 e. The van der Waals surface area contributed by atoms with Gasteiger partial charge in [-0.1, -0.05) is 32.3 Å². The van der Waals surface area contributed by atoms with Crippen molar-refractivity contribution in [3.05, 3.63) is 11.6 Å². The second-order valence-electron chi connectivity index (χ2n) is 9.82. The fourth-order valence-electron chi connectivity index (χ4n) is 7.71.